The van der Waals surface area contributed by atoms with Gasteiger partial charge in [0.25, 0.3) is 0 Å². The number of carbonyl (C=O) groups excluding carboxylic acids is 1. The molecule has 0 spiro atoms. The second kappa shape index (κ2) is 6.15. The van der Waals surface area contributed by atoms with E-state index in [0.717, 1.165) is 0 Å². The first-order chi connectivity index (χ1) is 12.1. The first-order valence-electron chi connectivity index (χ1n) is 7.78. The Morgan fingerprint density at radius 1 is 1.38 bits per heavy atom. The van der Waals surface area contributed by atoms with Crippen LogP contribution in [0.1, 0.15) is 24.6 Å². The number of halogens is 3. The Bertz CT molecular complexity index is 850. The molecule has 0 saturated carbocycles. The van der Waals surface area contributed by atoms with E-state index in [1.807, 2.05) is 0 Å². The number of ether oxygens (including phenoxy) is 1. The van der Waals surface area contributed by atoms with Crippen molar-refractivity contribution in [2.24, 2.45) is 0 Å². The van der Waals surface area contributed by atoms with E-state index in [4.69, 9.17) is 4.74 Å². The number of alkyl halides is 3. The maximum absolute atomic E-state index is 12.9. The van der Waals surface area contributed by atoms with Gasteiger partial charge in [0, 0.05) is 19.7 Å². The molecule has 2 N–H and O–H groups in total. The van der Waals surface area contributed by atoms with Crippen molar-refractivity contribution in [2.45, 2.75) is 32.0 Å². The van der Waals surface area contributed by atoms with Gasteiger partial charge < -0.3 is 15.4 Å². The SMILES string of the molecule is CNc1nc(Nc2cn(C3(C)CCOC3=O)nc2C)ncc1C(F)(F)F. The number of hydrogen-bond acceptors (Lipinski definition) is 7. The lowest BCUT2D eigenvalue weighted by atomic mass is 10.0. The number of nitrogens with zero attached hydrogens (tertiary/aromatic N) is 4. The maximum atomic E-state index is 12.9. The summed E-state index contributed by atoms with van der Waals surface area (Å²) in [5.41, 5.74) is -0.852. The van der Waals surface area contributed by atoms with Gasteiger partial charge in [-0.1, -0.05) is 0 Å². The van der Waals surface area contributed by atoms with E-state index in [9.17, 15) is 18.0 Å². The lowest BCUT2D eigenvalue weighted by molar-refractivity contribution is -0.145. The molecule has 1 unspecified atom stereocenters. The summed E-state index contributed by atoms with van der Waals surface area (Å²) in [5, 5.41) is 9.56. The first kappa shape index (κ1) is 18.0. The van der Waals surface area contributed by atoms with Crippen LogP contribution in [-0.2, 0) is 21.2 Å². The normalized spacial score (nSPS) is 20.2. The van der Waals surface area contributed by atoms with E-state index < -0.39 is 17.3 Å². The molecular formula is C15H17F3N6O2. The number of rotatable bonds is 4. The number of cyclic esters (lactones) is 1. The van der Waals surface area contributed by atoms with Crippen molar-refractivity contribution in [3.63, 3.8) is 0 Å². The Morgan fingerprint density at radius 2 is 2.12 bits per heavy atom. The van der Waals surface area contributed by atoms with Gasteiger partial charge in [0.2, 0.25) is 5.95 Å². The van der Waals surface area contributed by atoms with Gasteiger partial charge in [-0.25, -0.2) is 9.78 Å². The maximum Gasteiger partial charge on any atom is 0.421 e. The van der Waals surface area contributed by atoms with Crippen LogP contribution in [0.25, 0.3) is 0 Å². The standard InChI is InChI=1S/C15H17F3N6O2/c1-8-10(7-24(23-8)14(2)4-5-26-12(14)25)21-13-20-6-9(15(16,17)18)11(19-3)22-13/h6-7H,4-5H2,1-3H3,(H2,19,20,21,22). The van der Waals surface area contributed by atoms with Gasteiger partial charge >= 0.3 is 12.1 Å². The molecule has 1 saturated heterocycles. The predicted octanol–water partition coefficient (Wildman–Crippen LogP) is 2.45. The summed E-state index contributed by atoms with van der Waals surface area (Å²) in [5.74, 6) is -0.745. The molecule has 3 rings (SSSR count). The zero-order valence-corrected chi connectivity index (χ0v) is 14.3. The Labute approximate surface area is 146 Å². The van der Waals surface area contributed by atoms with Crippen molar-refractivity contribution in [1.29, 1.82) is 0 Å². The number of anilines is 3. The van der Waals surface area contributed by atoms with E-state index in [2.05, 4.69) is 25.7 Å². The van der Waals surface area contributed by atoms with E-state index >= 15 is 0 Å². The molecule has 140 valence electrons. The van der Waals surface area contributed by atoms with Crippen LogP contribution in [-0.4, -0.2) is 39.4 Å². The smallest absolute Gasteiger partial charge is 0.421 e. The van der Waals surface area contributed by atoms with Crippen LogP contribution in [0.4, 0.5) is 30.6 Å². The van der Waals surface area contributed by atoms with Crippen molar-refractivity contribution >= 4 is 23.4 Å². The van der Waals surface area contributed by atoms with Gasteiger partial charge in [-0.05, 0) is 13.8 Å². The van der Waals surface area contributed by atoms with Crippen molar-refractivity contribution in [3.8, 4) is 0 Å². The molecular weight excluding hydrogens is 353 g/mol. The number of esters is 1. The van der Waals surface area contributed by atoms with Gasteiger partial charge in [-0.3, -0.25) is 4.68 Å². The molecule has 2 aromatic heterocycles. The summed E-state index contributed by atoms with van der Waals surface area (Å²) in [6.45, 7) is 3.72. The van der Waals surface area contributed by atoms with Crippen LogP contribution in [0.15, 0.2) is 12.4 Å². The van der Waals surface area contributed by atoms with Gasteiger partial charge in [-0.15, -0.1) is 0 Å². The Hall–Kier alpha value is -2.85. The second-order valence-corrected chi connectivity index (χ2v) is 6.06. The largest absolute Gasteiger partial charge is 0.464 e. The van der Waals surface area contributed by atoms with Gasteiger partial charge in [0.05, 0.1) is 24.2 Å². The molecule has 0 amide bonds. The highest BCUT2D eigenvalue weighted by atomic mass is 19.4. The zero-order chi connectivity index (χ0) is 19.1. The molecule has 0 aliphatic carbocycles. The fraction of sp³-hybridized carbons (Fsp3) is 0.467. The highest BCUT2D eigenvalue weighted by molar-refractivity contribution is 5.80. The lowest BCUT2D eigenvalue weighted by Crippen LogP contribution is -2.35. The average Bonchev–Trinajstić information content (AvgIpc) is 3.10. The number of aromatic nitrogens is 4. The molecule has 3 heterocycles. The molecule has 0 aromatic carbocycles. The van der Waals surface area contributed by atoms with Crippen molar-refractivity contribution in [1.82, 2.24) is 19.7 Å². The fourth-order valence-corrected chi connectivity index (χ4v) is 2.60. The summed E-state index contributed by atoms with van der Waals surface area (Å²) in [7, 11) is 1.34. The van der Waals surface area contributed by atoms with E-state index in [0.29, 0.717) is 30.6 Å². The number of carbonyl (C=O) groups is 1. The quantitative estimate of drug-likeness (QED) is 0.799. The molecule has 26 heavy (non-hydrogen) atoms. The Balaban J connectivity index is 1.89. The van der Waals surface area contributed by atoms with Crippen molar-refractivity contribution in [3.05, 3.63) is 23.7 Å². The minimum Gasteiger partial charge on any atom is -0.464 e. The molecule has 1 atom stereocenters. The van der Waals surface area contributed by atoms with Gasteiger partial charge in [-0.2, -0.15) is 23.3 Å². The van der Waals surface area contributed by atoms with Crippen LogP contribution >= 0.6 is 0 Å². The number of nitrogens with one attached hydrogen (secondary N) is 2. The van der Waals surface area contributed by atoms with Crippen LogP contribution in [0, 0.1) is 6.92 Å². The summed E-state index contributed by atoms with van der Waals surface area (Å²) >= 11 is 0. The summed E-state index contributed by atoms with van der Waals surface area (Å²) in [4.78, 5) is 19.5. The summed E-state index contributed by atoms with van der Waals surface area (Å²) in [6, 6.07) is 0. The summed E-state index contributed by atoms with van der Waals surface area (Å²) in [6.07, 6.45) is -1.79. The molecule has 1 aliphatic heterocycles. The van der Waals surface area contributed by atoms with E-state index in [-0.39, 0.29) is 17.7 Å². The number of hydrogen-bond donors (Lipinski definition) is 2. The first-order valence-corrected chi connectivity index (χ1v) is 7.78. The van der Waals surface area contributed by atoms with E-state index in [1.54, 1.807) is 20.0 Å². The lowest BCUT2D eigenvalue weighted by Gasteiger charge is -2.19. The molecule has 8 nitrogen and oxygen atoms in total. The van der Waals surface area contributed by atoms with E-state index in [1.165, 1.54) is 11.7 Å². The predicted molar refractivity (Wildman–Crippen MR) is 86.1 cm³/mol. The van der Waals surface area contributed by atoms with Crippen LogP contribution in [0.3, 0.4) is 0 Å². The second-order valence-electron chi connectivity index (χ2n) is 6.06. The minimum absolute atomic E-state index is 0.0239. The van der Waals surface area contributed by atoms with Crippen molar-refractivity contribution < 1.29 is 22.7 Å². The van der Waals surface area contributed by atoms with Crippen molar-refractivity contribution in [2.75, 3.05) is 24.3 Å². The molecule has 0 bridgehead atoms. The Morgan fingerprint density at radius 3 is 2.69 bits per heavy atom. The molecule has 1 aliphatic rings. The Kier molecular flexibility index (Phi) is 4.24. The summed E-state index contributed by atoms with van der Waals surface area (Å²) < 4.78 is 45.2. The van der Waals surface area contributed by atoms with Gasteiger partial charge in [0.15, 0.2) is 5.54 Å². The highest BCUT2D eigenvalue weighted by Crippen LogP contribution is 2.34. The third-order valence-corrected chi connectivity index (χ3v) is 4.24. The topological polar surface area (TPSA) is 94.0 Å². The average molecular weight is 370 g/mol. The molecule has 0 radical (unpaired) electrons. The third-order valence-electron chi connectivity index (χ3n) is 4.24. The molecule has 11 heteroatoms. The third kappa shape index (κ3) is 3.04. The van der Waals surface area contributed by atoms with Crippen LogP contribution in [0.5, 0.6) is 0 Å². The zero-order valence-electron chi connectivity index (χ0n) is 14.3. The van der Waals surface area contributed by atoms with Gasteiger partial charge in [0.1, 0.15) is 11.4 Å². The van der Waals surface area contributed by atoms with Crippen LogP contribution < -0.4 is 10.6 Å². The minimum atomic E-state index is -4.56. The number of aryl methyl sites for hydroxylation is 1. The van der Waals surface area contributed by atoms with Crippen LogP contribution in [0.2, 0.25) is 0 Å². The molecule has 2 aromatic rings. The monoisotopic (exact) mass is 370 g/mol. The molecule has 1 fully saturated rings. The fourth-order valence-electron chi connectivity index (χ4n) is 2.60. The highest BCUT2D eigenvalue weighted by Gasteiger charge is 2.43.